The van der Waals surface area contributed by atoms with Crippen LogP contribution in [0.1, 0.15) is 26.7 Å². The maximum Gasteiger partial charge on any atom is 0.225 e. The summed E-state index contributed by atoms with van der Waals surface area (Å²) in [4.78, 5) is 14.0. The largest absolute Gasteiger partial charge is 0.339 e. The highest BCUT2D eigenvalue weighted by Gasteiger charge is 2.38. The average molecular weight is 196 g/mol. The molecular formula is C11H20N2O. The van der Waals surface area contributed by atoms with Crippen LogP contribution in [-0.2, 0) is 4.79 Å². The van der Waals surface area contributed by atoms with Gasteiger partial charge in [0, 0.05) is 18.5 Å². The topological polar surface area (TPSA) is 32.3 Å². The molecule has 14 heavy (non-hydrogen) atoms. The van der Waals surface area contributed by atoms with Crippen molar-refractivity contribution in [1.29, 1.82) is 0 Å². The zero-order valence-electron chi connectivity index (χ0n) is 9.12. The Kier molecular flexibility index (Phi) is 2.77. The summed E-state index contributed by atoms with van der Waals surface area (Å²) >= 11 is 0. The van der Waals surface area contributed by atoms with E-state index in [0.29, 0.717) is 17.9 Å². The first-order valence-electron chi connectivity index (χ1n) is 5.71. The number of carbonyl (C=O) groups excluding carboxylic acids is 1. The van der Waals surface area contributed by atoms with Crippen molar-refractivity contribution < 1.29 is 4.79 Å². The van der Waals surface area contributed by atoms with Gasteiger partial charge in [0.25, 0.3) is 0 Å². The molecule has 2 rings (SSSR count). The Morgan fingerprint density at radius 2 is 2.21 bits per heavy atom. The molecule has 3 heteroatoms. The van der Waals surface area contributed by atoms with Crippen LogP contribution in [-0.4, -0.2) is 36.5 Å². The van der Waals surface area contributed by atoms with Gasteiger partial charge in [0.2, 0.25) is 5.91 Å². The van der Waals surface area contributed by atoms with Crippen molar-refractivity contribution in [3.8, 4) is 0 Å². The number of amides is 1. The second-order valence-corrected chi connectivity index (χ2v) is 4.80. The highest BCUT2D eigenvalue weighted by atomic mass is 16.2. The molecule has 0 aromatic rings. The molecule has 0 saturated carbocycles. The molecule has 80 valence electrons. The fraction of sp³-hybridized carbons (Fsp3) is 0.909. The van der Waals surface area contributed by atoms with Crippen molar-refractivity contribution in [2.75, 3.05) is 19.6 Å². The Labute approximate surface area is 85.8 Å². The first-order chi connectivity index (χ1) is 6.70. The molecule has 2 heterocycles. The van der Waals surface area contributed by atoms with Gasteiger partial charge < -0.3 is 10.2 Å². The summed E-state index contributed by atoms with van der Waals surface area (Å²) in [7, 11) is 0. The zero-order valence-corrected chi connectivity index (χ0v) is 9.12. The standard InChI is InChI=1S/C11H20N2O/c1-8(2)11(14)13-6-4-9-7-12-5-3-10(9)13/h8-10,12H,3-7H2,1-2H3. The lowest BCUT2D eigenvalue weighted by Gasteiger charge is -2.33. The van der Waals surface area contributed by atoms with E-state index >= 15 is 0 Å². The highest BCUT2D eigenvalue weighted by molar-refractivity contribution is 5.78. The van der Waals surface area contributed by atoms with E-state index in [1.54, 1.807) is 0 Å². The summed E-state index contributed by atoms with van der Waals surface area (Å²) in [6.07, 6.45) is 2.33. The Balaban J connectivity index is 2.03. The van der Waals surface area contributed by atoms with E-state index in [-0.39, 0.29) is 5.92 Å². The second-order valence-electron chi connectivity index (χ2n) is 4.80. The Bertz CT molecular complexity index is 227. The monoisotopic (exact) mass is 196 g/mol. The van der Waals surface area contributed by atoms with Crippen molar-refractivity contribution in [2.24, 2.45) is 11.8 Å². The second kappa shape index (κ2) is 3.89. The highest BCUT2D eigenvalue weighted by Crippen LogP contribution is 2.29. The summed E-state index contributed by atoms with van der Waals surface area (Å²) in [5.41, 5.74) is 0. The third kappa shape index (κ3) is 1.65. The van der Waals surface area contributed by atoms with Crippen molar-refractivity contribution in [1.82, 2.24) is 10.2 Å². The Morgan fingerprint density at radius 1 is 1.43 bits per heavy atom. The first-order valence-corrected chi connectivity index (χ1v) is 5.71. The van der Waals surface area contributed by atoms with Gasteiger partial charge in [-0.1, -0.05) is 13.8 Å². The van der Waals surface area contributed by atoms with Gasteiger partial charge in [-0.05, 0) is 31.8 Å². The maximum absolute atomic E-state index is 11.9. The third-order valence-electron chi connectivity index (χ3n) is 3.49. The summed E-state index contributed by atoms with van der Waals surface area (Å²) < 4.78 is 0. The van der Waals surface area contributed by atoms with E-state index in [9.17, 15) is 4.79 Å². The molecule has 0 aromatic heterocycles. The quantitative estimate of drug-likeness (QED) is 0.674. The molecule has 3 nitrogen and oxygen atoms in total. The minimum atomic E-state index is 0.156. The lowest BCUT2D eigenvalue weighted by Crippen LogP contribution is -2.46. The fourth-order valence-corrected chi connectivity index (χ4v) is 2.69. The number of nitrogens with one attached hydrogen (secondary N) is 1. The summed E-state index contributed by atoms with van der Waals surface area (Å²) in [5, 5.41) is 3.41. The van der Waals surface area contributed by atoms with E-state index in [2.05, 4.69) is 10.2 Å². The van der Waals surface area contributed by atoms with Gasteiger partial charge in [0.1, 0.15) is 0 Å². The lowest BCUT2D eigenvalue weighted by molar-refractivity contribution is -0.135. The molecule has 2 atom stereocenters. The molecule has 0 spiro atoms. The predicted octanol–water partition coefficient (Wildman–Crippen LogP) is 0.853. The number of hydrogen-bond donors (Lipinski definition) is 1. The number of piperidine rings is 1. The zero-order chi connectivity index (χ0) is 10.1. The molecule has 1 amide bonds. The third-order valence-corrected chi connectivity index (χ3v) is 3.49. The van der Waals surface area contributed by atoms with Crippen LogP contribution in [0.15, 0.2) is 0 Å². The number of likely N-dealkylation sites (tertiary alicyclic amines) is 1. The molecule has 2 fully saturated rings. The first kappa shape index (κ1) is 9.97. The van der Waals surface area contributed by atoms with Crippen LogP contribution in [0.5, 0.6) is 0 Å². The summed E-state index contributed by atoms with van der Waals surface area (Å²) in [5.74, 6) is 1.22. The molecular weight excluding hydrogens is 176 g/mol. The van der Waals surface area contributed by atoms with Crippen LogP contribution in [0.4, 0.5) is 0 Å². The SMILES string of the molecule is CC(C)C(=O)N1CCC2CNCCC21. The number of carbonyl (C=O) groups is 1. The van der Waals surface area contributed by atoms with E-state index < -0.39 is 0 Å². The van der Waals surface area contributed by atoms with Crippen LogP contribution in [0.2, 0.25) is 0 Å². The predicted molar refractivity (Wildman–Crippen MR) is 55.9 cm³/mol. The molecule has 2 unspecified atom stereocenters. The maximum atomic E-state index is 11.9. The van der Waals surface area contributed by atoms with Gasteiger partial charge in [-0.2, -0.15) is 0 Å². The Hall–Kier alpha value is -0.570. The molecule has 0 aliphatic carbocycles. The van der Waals surface area contributed by atoms with Gasteiger partial charge in [0.15, 0.2) is 0 Å². The van der Waals surface area contributed by atoms with Gasteiger partial charge in [-0.25, -0.2) is 0 Å². The van der Waals surface area contributed by atoms with E-state index in [4.69, 9.17) is 0 Å². The smallest absolute Gasteiger partial charge is 0.225 e. The molecule has 0 aromatic carbocycles. The fourth-order valence-electron chi connectivity index (χ4n) is 2.69. The van der Waals surface area contributed by atoms with Crippen LogP contribution in [0, 0.1) is 11.8 Å². The summed E-state index contributed by atoms with van der Waals surface area (Å²) in [6.45, 7) is 7.15. The van der Waals surface area contributed by atoms with Crippen molar-refractivity contribution in [3.63, 3.8) is 0 Å². The molecule has 2 aliphatic rings. The average Bonchev–Trinajstić information content (AvgIpc) is 2.60. The van der Waals surface area contributed by atoms with Crippen molar-refractivity contribution >= 4 is 5.91 Å². The number of fused-ring (bicyclic) bond motifs is 1. The van der Waals surface area contributed by atoms with Gasteiger partial charge >= 0.3 is 0 Å². The molecule has 2 aliphatic heterocycles. The van der Waals surface area contributed by atoms with Crippen molar-refractivity contribution in [3.05, 3.63) is 0 Å². The summed E-state index contributed by atoms with van der Waals surface area (Å²) in [6, 6.07) is 0.533. The molecule has 0 bridgehead atoms. The van der Waals surface area contributed by atoms with E-state index in [0.717, 1.165) is 26.1 Å². The minimum absolute atomic E-state index is 0.156. The number of nitrogens with zero attached hydrogens (tertiary/aromatic N) is 1. The lowest BCUT2D eigenvalue weighted by atomic mass is 9.94. The Morgan fingerprint density at radius 3 is 2.93 bits per heavy atom. The van der Waals surface area contributed by atoms with Crippen LogP contribution >= 0.6 is 0 Å². The van der Waals surface area contributed by atoms with Gasteiger partial charge in [-0.15, -0.1) is 0 Å². The van der Waals surface area contributed by atoms with Gasteiger partial charge in [-0.3, -0.25) is 4.79 Å². The normalized spacial score (nSPS) is 32.1. The number of rotatable bonds is 1. The van der Waals surface area contributed by atoms with Crippen LogP contribution in [0.25, 0.3) is 0 Å². The molecule has 0 radical (unpaired) electrons. The van der Waals surface area contributed by atoms with E-state index in [1.807, 2.05) is 13.8 Å². The van der Waals surface area contributed by atoms with Crippen LogP contribution in [0.3, 0.4) is 0 Å². The van der Waals surface area contributed by atoms with Crippen molar-refractivity contribution in [2.45, 2.75) is 32.7 Å². The van der Waals surface area contributed by atoms with Gasteiger partial charge in [0.05, 0.1) is 0 Å². The van der Waals surface area contributed by atoms with E-state index in [1.165, 1.54) is 6.42 Å². The minimum Gasteiger partial charge on any atom is -0.339 e. The molecule has 2 saturated heterocycles. The number of hydrogen-bond acceptors (Lipinski definition) is 2. The molecule has 1 N–H and O–H groups in total. The van der Waals surface area contributed by atoms with Crippen LogP contribution < -0.4 is 5.32 Å².